The van der Waals surface area contributed by atoms with Gasteiger partial charge in [0, 0.05) is 18.6 Å². The van der Waals surface area contributed by atoms with E-state index in [4.69, 9.17) is 4.74 Å². The molecule has 0 saturated heterocycles. The largest absolute Gasteiger partial charge is 0.482 e. The zero-order chi connectivity index (χ0) is 14.3. The van der Waals surface area contributed by atoms with Crippen LogP contribution in [0.4, 0.5) is 0 Å². The number of rotatable bonds is 6. The number of likely N-dealkylation sites (N-methyl/N-ethyl adjacent to an activating group) is 1. The summed E-state index contributed by atoms with van der Waals surface area (Å²) in [4.78, 5) is 15.5. The van der Waals surface area contributed by atoms with Gasteiger partial charge in [-0.25, -0.2) is 0 Å². The van der Waals surface area contributed by atoms with Gasteiger partial charge in [0.25, 0.3) is 5.91 Å². The molecule has 5 heteroatoms. The Hall–Kier alpha value is -1.62. The van der Waals surface area contributed by atoms with Crippen molar-refractivity contribution < 1.29 is 9.53 Å². The first kappa shape index (κ1) is 15.4. The number of pyridine rings is 1. The molecule has 0 radical (unpaired) electrons. The minimum Gasteiger partial charge on any atom is -0.482 e. The predicted octanol–water partition coefficient (Wildman–Crippen LogP) is 1.48. The molecule has 0 spiro atoms. The monoisotopic (exact) mass is 265 g/mol. The molecule has 0 aliphatic heterocycles. The summed E-state index contributed by atoms with van der Waals surface area (Å²) < 4.78 is 5.33. The van der Waals surface area contributed by atoms with Crippen LogP contribution >= 0.6 is 0 Å². The van der Waals surface area contributed by atoms with Crippen LogP contribution < -0.4 is 15.4 Å². The lowest BCUT2D eigenvalue weighted by atomic mass is 10.1. The Balaban J connectivity index is 2.41. The number of carbonyl (C=O) groups excluding carboxylic acids is 1. The number of nitrogens with zero attached hydrogens (tertiary/aromatic N) is 1. The van der Waals surface area contributed by atoms with Crippen molar-refractivity contribution in [3.05, 3.63) is 24.0 Å². The standard InChI is InChI=1S/C14H23N3O2/c1-5-15-13(18)10-19-12-7-6-11(16-9-12)8-17-14(2,3)4/h6-7,9,17H,5,8,10H2,1-4H3,(H,15,18). The van der Waals surface area contributed by atoms with Gasteiger partial charge in [-0.3, -0.25) is 9.78 Å². The minimum absolute atomic E-state index is 0.0229. The fourth-order valence-electron chi connectivity index (χ4n) is 1.35. The van der Waals surface area contributed by atoms with Crippen LogP contribution in [0.3, 0.4) is 0 Å². The highest BCUT2D eigenvalue weighted by molar-refractivity contribution is 5.77. The number of amides is 1. The highest BCUT2D eigenvalue weighted by Crippen LogP contribution is 2.09. The Morgan fingerprint density at radius 3 is 2.63 bits per heavy atom. The third-order valence-corrected chi connectivity index (χ3v) is 2.34. The summed E-state index contributed by atoms with van der Waals surface area (Å²) in [6.45, 7) is 9.54. The molecule has 1 rings (SSSR count). The molecule has 0 aliphatic rings. The molecule has 0 fully saturated rings. The zero-order valence-corrected chi connectivity index (χ0v) is 12.1. The van der Waals surface area contributed by atoms with E-state index in [0.29, 0.717) is 18.8 Å². The summed E-state index contributed by atoms with van der Waals surface area (Å²) in [6, 6.07) is 3.72. The van der Waals surface area contributed by atoms with E-state index in [1.807, 2.05) is 19.1 Å². The summed E-state index contributed by atoms with van der Waals surface area (Å²) in [6.07, 6.45) is 1.64. The molecule has 1 amide bonds. The van der Waals surface area contributed by atoms with Gasteiger partial charge >= 0.3 is 0 Å². The number of hydrogen-bond acceptors (Lipinski definition) is 4. The lowest BCUT2D eigenvalue weighted by molar-refractivity contribution is -0.122. The first-order valence-electron chi connectivity index (χ1n) is 6.50. The Bertz CT molecular complexity index is 396. The van der Waals surface area contributed by atoms with E-state index >= 15 is 0 Å². The molecule has 0 aromatic carbocycles. The molecule has 0 atom stereocenters. The molecular weight excluding hydrogens is 242 g/mol. The lowest BCUT2D eigenvalue weighted by Crippen LogP contribution is -2.35. The van der Waals surface area contributed by atoms with Crippen LogP contribution in [-0.2, 0) is 11.3 Å². The zero-order valence-electron chi connectivity index (χ0n) is 12.1. The molecule has 19 heavy (non-hydrogen) atoms. The van der Waals surface area contributed by atoms with Gasteiger partial charge in [0.1, 0.15) is 5.75 Å². The van der Waals surface area contributed by atoms with Crippen LogP contribution in [0.25, 0.3) is 0 Å². The van der Waals surface area contributed by atoms with Crippen molar-refractivity contribution in [2.75, 3.05) is 13.2 Å². The van der Waals surface area contributed by atoms with Gasteiger partial charge in [0.15, 0.2) is 6.61 Å². The third kappa shape index (κ3) is 6.76. The maximum absolute atomic E-state index is 11.2. The van der Waals surface area contributed by atoms with Crippen LogP contribution in [0.15, 0.2) is 18.3 Å². The minimum atomic E-state index is -0.124. The van der Waals surface area contributed by atoms with Crippen LogP contribution in [0.5, 0.6) is 5.75 Å². The van der Waals surface area contributed by atoms with E-state index in [9.17, 15) is 4.79 Å². The second kappa shape index (κ2) is 7.09. The highest BCUT2D eigenvalue weighted by atomic mass is 16.5. The van der Waals surface area contributed by atoms with Gasteiger partial charge in [-0.15, -0.1) is 0 Å². The normalized spacial score (nSPS) is 11.2. The van der Waals surface area contributed by atoms with Crippen molar-refractivity contribution in [1.82, 2.24) is 15.6 Å². The van der Waals surface area contributed by atoms with Crippen molar-refractivity contribution in [1.29, 1.82) is 0 Å². The molecule has 0 aliphatic carbocycles. The molecule has 1 aromatic heterocycles. The second-order valence-electron chi connectivity index (χ2n) is 5.33. The van der Waals surface area contributed by atoms with E-state index in [0.717, 1.165) is 5.69 Å². The summed E-state index contributed by atoms with van der Waals surface area (Å²) >= 11 is 0. The van der Waals surface area contributed by atoms with E-state index in [1.54, 1.807) is 6.20 Å². The fraction of sp³-hybridized carbons (Fsp3) is 0.571. The number of hydrogen-bond donors (Lipinski definition) is 2. The van der Waals surface area contributed by atoms with Gasteiger partial charge in [-0.2, -0.15) is 0 Å². The van der Waals surface area contributed by atoms with Crippen LogP contribution in [0.2, 0.25) is 0 Å². The van der Waals surface area contributed by atoms with Crippen molar-refractivity contribution >= 4 is 5.91 Å². The van der Waals surface area contributed by atoms with Gasteiger partial charge in [-0.05, 0) is 39.8 Å². The quantitative estimate of drug-likeness (QED) is 0.818. The Morgan fingerprint density at radius 2 is 2.11 bits per heavy atom. The molecule has 0 bridgehead atoms. The number of nitrogens with one attached hydrogen (secondary N) is 2. The topological polar surface area (TPSA) is 63.2 Å². The smallest absolute Gasteiger partial charge is 0.257 e. The number of aromatic nitrogens is 1. The number of carbonyl (C=O) groups is 1. The van der Waals surface area contributed by atoms with Crippen LogP contribution in [0, 0.1) is 0 Å². The molecule has 1 aromatic rings. The fourth-order valence-corrected chi connectivity index (χ4v) is 1.35. The summed E-state index contributed by atoms with van der Waals surface area (Å²) in [5.41, 5.74) is 1.01. The van der Waals surface area contributed by atoms with E-state index < -0.39 is 0 Å². The first-order valence-corrected chi connectivity index (χ1v) is 6.50. The molecule has 106 valence electrons. The molecule has 0 unspecified atom stereocenters. The first-order chi connectivity index (χ1) is 8.90. The maximum atomic E-state index is 11.2. The SMILES string of the molecule is CCNC(=O)COc1ccc(CNC(C)(C)C)nc1. The number of ether oxygens (including phenoxy) is 1. The van der Waals surface area contributed by atoms with Gasteiger partial charge in [0.05, 0.1) is 11.9 Å². The average Bonchev–Trinajstić information content (AvgIpc) is 2.34. The second-order valence-corrected chi connectivity index (χ2v) is 5.33. The van der Waals surface area contributed by atoms with Crippen molar-refractivity contribution in [2.45, 2.75) is 39.8 Å². The summed E-state index contributed by atoms with van der Waals surface area (Å²) in [5, 5.41) is 6.03. The Kier molecular flexibility index (Phi) is 5.76. The molecule has 2 N–H and O–H groups in total. The third-order valence-electron chi connectivity index (χ3n) is 2.34. The molecule has 5 nitrogen and oxygen atoms in total. The highest BCUT2D eigenvalue weighted by Gasteiger charge is 2.09. The van der Waals surface area contributed by atoms with E-state index in [-0.39, 0.29) is 18.1 Å². The van der Waals surface area contributed by atoms with E-state index in [2.05, 4.69) is 36.4 Å². The predicted molar refractivity (Wildman–Crippen MR) is 75.0 cm³/mol. The molecular formula is C14H23N3O2. The molecule has 1 heterocycles. The van der Waals surface area contributed by atoms with Crippen LogP contribution in [-0.4, -0.2) is 29.6 Å². The van der Waals surface area contributed by atoms with Crippen molar-refractivity contribution in [3.63, 3.8) is 0 Å². The summed E-state index contributed by atoms with van der Waals surface area (Å²) in [7, 11) is 0. The average molecular weight is 265 g/mol. The van der Waals surface area contributed by atoms with Gasteiger partial charge in [0.2, 0.25) is 0 Å². The van der Waals surface area contributed by atoms with Crippen LogP contribution in [0.1, 0.15) is 33.4 Å². The van der Waals surface area contributed by atoms with Crippen molar-refractivity contribution in [3.8, 4) is 5.75 Å². The molecule has 0 saturated carbocycles. The van der Waals surface area contributed by atoms with Gasteiger partial charge in [-0.1, -0.05) is 0 Å². The maximum Gasteiger partial charge on any atom is 0.257 e. The van der Waals surface area contributed by atoms with Gasteiger partial charge < -0.3 is 15.4 Å². The lowest BCUT2D eigenvalue weighted by Gasteiger charge is -2.20. The van der Waals surface area contributed by atoms with E-state index in [1.165, 1.54) is 0 Å². The van der Waals surface area contributed by atoms with Crippen molar-refractivity contribution in [2.24, 2.45) is 0 Å². The Labute approximate surface area is 114 Å². The Morgan fingerprint density at radius 1 is 1.37 bits per heavy atom. The summed E-state index contributed by atoms with van der Waals surface area (Å²) in [5.74, 6) is 0.478.